The number of nitrogens with zero attached hydrogens (tertiary/aromatic N) is 2. The Bertz CT molecular complexity index is 263. The van der Waals surface area contributed by atoms with E-state index in [1.54, 1.807) is 0 Å². The number of hydrogen-bond donors (Lipinski definition) is 1. The second kappa shape index (κ2) is 8.26. The summed E-state index contributed by atoms with van der Waals surface area (Å²) in [5, 5.41) is 9.21. The second-order valence-corrected chi connectivity index (χ2v) is 12.5. The average molecular weight is 510 g/mol. The van der Waals surface area contributed by atoms with Crippen molar-refractivity contribution in [3.63, 3.8) is 0 Å². The van der Waals surface area contributed by atoms with Crippen LogP contribution in [-0.2, 0) is 0 Å². The number of rotatable bonds is 8. The van der Waals surface area contributed by atoms with Gasteiger partial charge in [-0.2, -0.15) is 0 Å². The van der Waals surface area contributed by atoms with Gasteiger partial charge in [-0.05, 0) is 54.9 Å². The van der Waals surface area contributed by atoms with Crippen LogP contribution in [0.25, 0.3) is 0 Å². The molecular formula is C15H32I2N2O. The van der Waals surface area contributed by atoms with Gasteiger partial charge in [0.25, 0.3) is 0 Å². The molecule has 5 heteroatoms. The molecule has 0 atom stereocenters. The van der Waals surface area contributed by atoms with Crippen molar-refractivity contribution >= 4 is 45.2 Å². The van der Waals surface area contributed by atoms with Gasteiger partial charge in [-0.15, -0.1) is 0 Å². The predicted octanol–water partition coefficient (Wildman–Crippen LogP) is 4.11. The minimum atomic E-state index is 0.0902. The maximum Gasteiger partial charge on any atom is 0.0677 e. The zero-order chi connectivity index (χ0) is 16.2. The topological polar surface area (TPSA) is 26.7 Å². The predicted molar refractivity (Wildman–Crippen MR) is 106 cm³/mol. The fourth-order valence-electron chi connectivity index (χ4n) is 2.58. The molecule has 122 valence electrons. The van der Waals surface area contributed by atoms with Crippen LogP contribution in [0.3, 0.4) is 0 Å². The highest BCUT2D eigenvalue weighted by molar-refractivity contribution is 14.1. The lowest BCUT2D eigenvalue weighted by Crippen LogP contribution is -2.52. The van der Waals surface area contributed by atoms with Crippen molar-refractivity contribution in [2.45, 2.75) is 67.5 Å². The quantitative estimate of drug-likeness (QED) is 0.303. The van der Waals surface area contributed by atoms with Gasteiger partial charge in [0, 0.05) is 25.2 Å². The first-order valence-electron chi connectivity index (χ1n) is 7.31. The van der Waals surface area contributed by atoms with E-state index in [1.807, 2.05) is 0 Å². The van der Waals surface area contributed by atoms with Gasteiger partial charge in [0.1, 0.15) is 0 Å². The normalized spacial score (nSPS) is 14.4. The smallest absolute Gasteiger partial charge is 0.0677 e. The minimum Gasteiger partial charge on any atom is -0.395 e. The summed E-state index contributed by atoms with van der Waals surface area (Å²) in [6, 6.07) is 0. The SMILES string of the molecule is CC(C)(C)N(CCCN(CCO)C(C)(C)I)C(C)(C)I. The van der Waals surface area contributed by atoms with Gasteiger partial charge in [0.2, 0.25) is 0 Å². The van der Waals surface area contributed by atoms with Crippen molar-refractivity contribution in [2.24, 2.45) is 0 Å². The minimum absolute atomic E-state index is 0.0902. The van der Waals surface area contributed by atoms with Crippen LogP contribution in [0.2, 0.25) is 0 Å². The van der Waals surface area contributed by atoms with Crippen molar-refractivity contribution in [3.8, 4) is 0 Å². The summed E-state index contributed by atoms with van der Waals surface area (Å²) in [4.78, 5) is 4.91. The van der Waals surface area contributed by atoms with E-state index >= 15 is 0 Å². The third kappa shape index (κ3) is 8.10. The highest BCUT2D eigenvalue weighted by Crippen LogP contribution is 2.31. The molecular weight excluding hydrogens is 478 g/mol. The zero-order valence-electron chi connectivity index (χ0n) is 14.1. The van der Waals surface area contributed by atoms with Gasteiger partial charge < -0.3 is 5.11 Å². The Morgan fingerprint density at radius 1 is 0.800 bits per heavy atom. The lowest BCUT2D eigenvalue weighted by molar-refractivity contribution is 0.0781. The van der Waals surface area contributed by atoms with Crippen LogP contribution in [0, 0.1) is 0 Å². The van der Waals surface area contributed by atoms with E-state index in [-0.39, 0.29) is 19.2 Å². The Hall–Kier alpha value is 1.34. The summed E-state index contributed by atoms with van der Waals surface area (Å²) in [7, 11) is 0. The first-order valence-corrected chi connectivity index (χ1v) is 9.47. The second-order valence-electron chi connectivity index (χ2n) is 7.21. The van der Waals surface area contributed by atoms with E-state index in [4.69, 9.17) is 0 Å². The summed E-state index contributed by atoms with van der Waals surface area (Å²) in [6.45, 7) is 18.9. The summed E-state index contributed by atoms with van der Waals surface area (Å²) >= 11 is 4.98. The number of aliphatic hydroxyl groups is 1. The lowest BCUT2D eigenvalue weighted by atomic mass is 10.0. The summed E-state index contributed by atoms with van der Waals surface area (Å²) < 4.78 is 0.241. The molecule has 0 bridgehead atoms. The van der Waals surface area contributed by atoms with E-state index in [9.17, 15) is 5.11 Å². The lowest BCUT2D eigenvalue weighted by Gasteiger charge is -2.44. The molecule has 0 rings (SSSR count). The van der Waals surface area contributed by atoms with Crippen LogP contribution in [0.15, 0.2) is 0 Å². The van der Waals surface area contributed by atoms with E-state index in [0.29, 0.717) is 0 Å². The number of aliphatic hydroxyl groups excluding tert-OH is 1. The van der Waals surface area contributed by atoms with Crippen molar-refractivity contribution in [1.82, 2.24) is 9.80 Å². The molecule has 0 aliphatic carbocycles. The van der Waals surface area contributed by atoms with Crippen LogP contribution < -0.4 is 0 Å². The highest BCUT2D eigenvalue weighted by Gasteiger charge is 2.32. The Morgan fingerprint density at radius 2 is 1.30 bits per heavy atom. The van der Waals surface area contributed by atoms with Crippen LogP contribution in [-0.4, -0.2) is 53.8 Å². The van der Waals surface area contributed by atoms with Crippen molar-refractivity contribution in [1.29, 1.82) is 0 Å². The molecule has 0 heterocycles. The molecule has 1 N–H and O–H groups in total. The van der Waals surface area contributed by atoms with E-state index < -0.39 is 0 Å². The zero-order valence-corrected chi connectivity index (χ0v) is 18.4. The fraction of sp³-hybridized carbons (Fsp3) is 1.00. The summed E-state index contributed by atoms with van der Waals surface area (Å²) in [6.07, 6.45) is 1.12. The van der Waals surface area contributed by atoms with Gasteiger partial charge in [0.05, 0.1) is 13.7 Å². The van der Waals surface area contributed by atoms with Gasteiger partial charge in [-0.1, -0.05) is 45.2 Å². The van der Waals surface area contributed by atoms with Crippen LogP contribution in [0.4, 0.5) is 0 Å². The van der Waals surface area contributed by atoms with Crippen molar-refractivity contribution < 1.29 is 5.11 Å². The molecule has 0 saturated carbocycles. The molecule has 0 aliphatic rings. The number of halogens is 2. The molecule has 0 spiro atoms. The Balaban J connectivity index is 4.58. The standard InChI is InChI=1S/C15H32I2N2O/c1-13(2,3)19(15(6,7)17)10-8-9-18(11-12-20)14(4,5)16/h20H,8-12H2,1-7H3. The van der Waals surface area contributed by atoms with Crippen molar-refractivity contribution in [2.75, 3.05) is 26.2 Å². The van der Waals surface area contributed by atoms with Crippen LogP contribution in [0.5, 0.6) is 0 Å². The van der Waals surface area contributed by atoms with E-state index in [2.05, 4.69) is 103 Å². The molecule has 0 radical (unpaired) electrons. The molecule has 0 fully saturated rings. The fourth-order valence-corrected chi connectivity index (χ4v) is 4.03. The van der Waals surface area contributed by atoms with Crippen LogP contribution in [0.1, 0.15) is 54.9 Å². The molecule has 0 aromatic heterocycles. The monoisotopic (exact) mass is 510 g/mol. The van der Waals surface area contributed by atoms with Gasteiger partial charge in [-0.25, -0.2) is 0 Å². The molecule has 0 unspecified atom stereocenters. The number of alkyl halides is 2. The molecule has 0 aromatic rings. The van der Waals surface area contributed by atoms with E-state index in [0.717, 1.165) is 26.1 Å². The number of hydrogen-bond acceptors (Lipinski definition) is 3. The van der Waals surface area contributed by atoms with Crippen LogP contribution >= 0.6 is 45.2 Å². The van der Waals surface area contributed by atoms with E-state index in [1.165, 1.54) is 0 Å². The van der Waals surface area contributed by atoms with Gasteiger partial charge in [-0.3, -0.25) is 9.80 Å². The molecule has 20 heavy (non-hydrogen) atoms. The summed E-state index contributed by atoms with van der Waals surface area (Å²) in [5.41, 5.74) is 0.173. The maximum absolute atomic E-state index is 9.21. The summed E-state index contributed by atoms with van der Waals surface area (Å²) in [5.74, 6) is 0. The highest BCUT2D eigenvalue weighted by atomic mass is 127. The first-order chi connectivity index (χ1) is 8.80. The first kappa shape index (κ1) is 21.3. The maximum atomic E-state index is 9.21. The molecule has 0 saturated heterocycles. The Morgan fingerprint density at radius 3 is 1.60 bits per heavy atom. The molecule has 0 amide bonds. The van der Waals surface area contributed by atoms with Gasteiger partial charge in [0.15, 0.2) is 0 Å². The third-order valence-electron chi connectivity index (χ3n) is 3.38. The average Bonchev–Trinajstić information content (AvgIpc) is 2.17. The Kier molecular flexibility index (Phi) is 8.82. The van der Waals surface area contributed by atoms with Gasteiger partial charge >= 0.3 is 0 Å². The molecule has 3 nitrogen and oxygen atoms in total. The molecule has 0 aliphatic heterocycles. The molecule has 0 aromatic carbocycles. The third-order valence-corrected chi connectivity index (χ3v) is 4.65. The van der Waals surface area contributed by atoms with Crippen molar-refractivity contribution in [3.05, 3.63) is 0 Å². The Labute approximate surface area is 153 Å². The largest absolute Gasteiger partial charge is 0.395 e.